The maximum absolute atomic E-state index is 12.7. The van der Waals surface area contributed by atoms with Gasteiger partial charge in [0.25, 0.3) is 5.91 Å². The Morgan fingerprint density at radius 1 is 1.18 bits per heavy atom. The van der Waals surface area contributed by atoms with E-state index in [0.29, 0.717) is 40.1 Å². The molecule has 3 aromatic rings. The minimum absolute atomic E-state index is 0.0635. The summed E-state index contributed by atoms with van der Waals surface area (Å²) in [5.41, 5.74) is 3.81. The third kappa shape index (κ3) is 6.39. The van der Waals surface area contributed by atoms with E-state index in [1.807, 2.05) is 44.2 Å². The van der Waals surface area contributed by atoms with Crippen LogP contribution in [-0.2, 0) is 11.2 Å². The predicted molar refractivity (Wildman–Crippen MR) is 138 cm³/mol. The van der Waals surface area contributed by atoms with Gasteiger partial charge in [0, 0.05) is 32.2 Å². The molecule has 3 rings (SSSR count). The van der Waals surface area contributed by atoms with Crippen molar-refractivity contribution in [3.63, 3.8) is 0 Å². The van der Waals surface area contributed by atoms with Gasteiger partial charge in [-0.2, -0.15) is 5.26 Å². The Labute approximate surface area is 211 Å². The van der Waals surface area contributed by atoms with Gasteiger partial charge in [-0.05, 0) is 66.9 Å². The highest BCUT2D eigenvalue weighted by Crippen LogP contribution is 2.33. The molecule has 1 amide bonds. The first-order chi connectivity index (χ1) is 15.8. The van der Waals surface area contributed by atoms with E-state index >= 15 is 0 Å². The lowest BCUT2D eigenvalue weighted by atomic mass is 10.0. The second kappa shape index (κ2) is 11.4. The SMILES string of the molecule is CCOc1cc(/C=C(\C#N)C(=O)Nc2cc(Cl)ccc2C)cc(Cl)c1Cc1ccccc1Br. The molecule has 0 aromatic heterocycles. The van der Waals surface area contributed by atoms with Crippen LogP contribution in [0.5, 0.6) is 5.75 Å². The summed E-state index contributed by atoms with van der Waals surface area (Å²) in [5, 5.41) is 13.3. The lowest BCUT2D eigenvalue weighted by Crippen LogP contribution is -2.14. The van der Waals surface area contributed by atoms with Gasteiger partial charge in [-0.3, -0.25) is 4.79 Å². The van der Waals surface area contributed by atoms with E-state index < -0.39 is 5.91 Å². The van der Waals surface area contributed by atoms with Gasteiger partial charge in [-0.15, -0.1) is 0 Å². The standard InChI is InChI=1S/C26H21BrCl2N2O2/c1-3-33-25-12-17(11-23(29)21(25)13-18-6-4-5-7-22(18)27)10-19(15-30)26(32)31-24-14-20(28)9-8-16(24)2/h4-12,14H,3,13H2,1-2H3,(H,31,32)/b19-10+. The fourth-order valence-electron chi connectivity index (χ4n) is 3.24. The Kier molecular flexibility index (Phi) is 8.57. The number of hydrogen-bond donors (Lipinski definition) is 1. The first kappa shape index (κ1) is 24.9. The normalized spacial score (nSPS) is 11.1. The molecule has 168 valence electrons. The topological polar surface area (TPSA) is 62.1 Å². The van der Waals surface area contributed by atoms with Crippen LogP contribution in [0, 0.1) is 18.3 Å². The zero-order valence-corrected chi connectivity index (χ0v) is 21.2. The van der Waals surface area contributed by atoms with Gasteiger partial charge in [0.05, 0.1) is 6.61 Å². The number of nitriles is 1. The Morgan fingerprint density at radius 2 is 1.94 bits per heavy atom. The molecule has 0 bridgehead atoms. The molecule has 0 saturated carbocycles. The summed E-state index contributed by atoms with van der Waals surface area (Å²) in [7, 11) is 0. The molecule has 0 aliphatic heterocycles. The van der Waals surface area contributed by atoms with Crippen LogP contribution in [0.15, 0.2) is 64.6 Å². The molecule has 4 nitrogen and oxygen atoms in total. The monoisotopic (exact) mass is 542 g/mol. The van der Waals surface area contributed by atoms with Crippen molar-refractivity contribution in [1.82, 2.24) is 0 Å². The average Bonchev–Trinajstić information content (AvgIpc) is 2.78. The van der Waals surface area contributed by atoms with Crippen molar-refractivity contribution in [2.24, 2.45) is 0 Å². The van der Waals surface area contributed by atoms with Crippen molar-refractivity contribution >= 4 is 56.8 Å². The van der Waals surface area contributed by atoms with Crippen LogP contribution < -0.4 is 10.1 Å². The molecule has 0 aliphatic rings. The van der Waals surface area contributed by atoms with Gasteiger partial charge in [-0.25, -0.2) is 0 Å². The maximum Gasteiger partial charge on any atom is 0.266 e. The number of benzene rings is 3. The van der Waals surface area contributed by atoms with Crippen LogP contribution in [0.3, 0.4) is 0 Å². The van der Waals surface area contributed by atoms with Gasteiger partial charge < -0.3 is 10.1 Å². The smallest absolute Gasteiger partial charge is 0.266 e. The van der Waals surface area contributed by atoms with Gasteiger partial charge in [0.15, 0.2) is 0 Å². The molecule has 0 fully saturated rings. The van der Waals surface area contributed by atoms with Gasteiger partial charge in [-0.1, -0.05) is 63.4 Å². The second-order valence-corrected chi connectivity index (χ2v) is 8.96. The van der Waals surface area contributed by atoms with Crippen molar-refractivity contribution in [1.29, 1.82) is 5.26 Å². The first-order valence-corrected chi connectivity index (χ1v) is 11.7. The summed E-state index contributed by atoms with van der Waals surface area (Å²) in [6.07, 6.45) is 2.06. The molecule has 0 saturated heterocycles. The fraction of sp³-hybridized carbons (Fsp3) is 0.154. The summed E-state index contributed by atoms with van der Waals surface area (Å²) < 4.78 is 6.82. The Balaban J connectivity index is 1.94. The molecule has 0 atom stereocenters. The molecular weight excluding hydrogens is 523 g/mol. The molecule has 0 unspecified atom stereocenters. The van der Waals surface area contributed by atoms with Crippen molar-refractivity contribution in [3.8, 4) is 11.8 Å². The number of hydrogen-bond acceptors (Lipinski definition) is 3. The van der Waals surface area contributed by atoms with E-state index in [2.05, 4.69) is 21.2 Å². The largest absolute Gasteiger partial charge is 0.494 e. The van der Waals surface area contributed by atoms with Crippen LogP contribution in [0.4, 0.5) is 5.69 Å². The number of ether oxygens (including phenoxy) is 1. The highest BCUT2D eigenvalue weighted by Gasteiger charge is 2.15. The summed E-state index contributed by atoms with van der Waals surface area (Å²) >= 11 is 16.2. The number of rotatable bonds is 7. The molecule has 0 radical (unpaired) electrons. The predicted octanol–water partition coefficient (Wildman–Crippen LogP) is 7.60. The third-order valence-corrected chi connectivity index (χ3v) is 6.27. The number of carbonyl (C=O) groups is 1. The van der Waals surface area contributed by atoms with Crippen molar-refractivity contribution in [3.05, 3.63) is 96.9 Å². The molecule has 3 aromatic carbocycles. The second-order valence-electron chi connectivity index (χ2n) is 7.26. The van der Waals surface area contributed by atoms with Crippen LogP contribution in [0.2, 0.25) is 10.0 Å². The van der Waals surface area contributed by atoms with Crippen LogP contribution >= 0.6 is 39.1 Å². The number of amides is 1. The molecule has 0 spiro atoms. The molecular formula is C26H21BrCl2N2O2. The zero-order chi connectivity index (χ0) is 24.0. The number of nitrogens with one attached hydrogen (secondary N) is 1. The van der Waals surface area contributed by atoms with Crippen LogP contribution in [-0.4, -0.2) is 12.5 Å². The number of nitrogens with zero attached hydrogens (tertiary/aromatic N) is 1. The highest BCUT2D eigenvalue weighted by molar-refractivity contribution is 9.10. The number of anilines is 1. The minimum atomic E-state index is -0.533. The van der Waals surface area contributed by atoms with E-state index in [1.54, 1.807) is 30.3 Å². The van der Waals surface area contributed by atoms with E-state index in [4.69, 9.17) is 27.9 Å². The van der Waals surface area contributed by atoms with E-state index in [-0.39, 0.29) is 5.57 Å². The average molecular weight is 544 g/mol. The summed E-state index contributed by atoms with van der Waals surface area (Å²) in [5.74, 6) is 0.0737. The quantitative estimate of drug-likeness (QED) is 0.246. The van der Waals surface area contributed by atoms with Crippen LogP contribution in [0.1, 0.15) is 29.2 Å². The van der Waals surface area contributed by atoms with E-state index in [9.17, 15) is 10.1 Å². The minimum Gasteiger partial charge on any atom is -0.494 e. The molecule has 33 heavy (non-hydrogen) atoms. The number of aryl methyl sites for hydroxylation is 1. The van der Waals surface area contributed by atoms with E-state index in [1.165, 1.54) is 6.08 Å². The lowest BCUT2D eigenvalue weighted by molar-refractivity contribution is -0.112. The van der Waals surface area contributed by atoms with Crippen molar-refractivity contribution in [2.45, 2.75) is 20.3 Å². The van der Waals surface area contributed by atoms with Gasteiger partial charge in [0.2, 0.25) is 0 Å². The van der Waals surface area contributed by atoms with Crippen molar-refractivity contribution in [2.75, 3.05) is 11.9 Å². The zero-order valence-electron chi connectivity index (χ0n) is 18.1. The Morgan fingerprint density at radius 3 is 2.64 bits per heavy atom. The van der Waals surface area contributed by atoms with Crippen LogP contribution in [0.25, 0.3) is 6.08 Å². The number of halogens is 3. The Hall–Kier alpha value is -2.78. The molecule has 0 heterocycles. The van der Waals surface area contributed by atoms with Gasteiger partial charge >= 0.3 is 0 Å². The third-order valence-electron chi connectivity index (χ3n) is 4.93. The summed E-state index contributed by atoms with van der Waals surface area (Å²) in [6, 6.07) is 18.6. The summed E-state index contributed by atoms with van der Waals surface area (Å²) in [6.45, 7) is 4.19. The molecule has 7 heteroatoms. The summed E-state index contributed by atoms with van der Waals surface area (Å²) in [4.78, 5) is 12.7. The molecule has 0 aliphatic carbocycles. The Bertz CT molecular complexity index is 1270. The highest BCUT2D eigenvalue weighted by atomic mass is 79.9. The van der Waals surface area contributed by atoms with Crippen molar-refractivity contribution < 1.29 is 9.53 Å². The first-order valence-electron chi connectivity index (χ1n) is 10.2. The lowest BCUT2D eigenvalue weighted by Gasteiger charge is -2.14. The van der Waals surface area contributed by atoms with Gasteiger partial charge in [0.1, 0.15) is 17.4 Å². The fourth-order valence-corrected chi connectivity index (χ4v) is 4.12. The maximum atomic E-state index is 12.7. The van der Waals surface area contributed by atoms with E-state index in [0.717, 1.165) is 21.2 Å². The number of carbonyl (C=O) groups excluding carboxylic acids is 1. The molecule has 1 N–H and O–H groups in total.